The van der Waals surface area contributed by atoms with Gasteiger partial charge in [-0.25, -0.2) is 0 Å². The second-order valence-electron chi connectivity index (χ2n) is 4.54. The first kappa shape index (κ1) is 13.8. The number of carbonyl (C=O) groups excluding carboxylic acids is 1. The van der Waals surface area contributed by atoms with Gasteiger partial charge in [0.05, 0.1) is 17.8 Å². The molecule has 0 unspecified atom stereocenters. The molecule has 19 heavy (non-hydrogen) atoms. The van der Waals surface area contributed by atoms with Gasteiger partial charge in [-0.1, -0.05) is 0 Å². The van der Waals surface area contributed by atoms with E-state index in [1.165, 1.54) is 6.07 Å². The molecule has 0 saturated carbocycles. The lowest BCUT2D eigenvalue weighted by Gasteiger charge is -2.26. The topological polar surface area (TPSA) is 54.0 Å². The largest absolute Gasteiger partial charge is 0.417 e. The number of rotatable bonds is 4. The maximum absolute atomic E-state index is 12.3. The number of carbonyl (C=O) groups is 1. The number of alkyl halides is 3. The zero-order valence-corrected chi connectivity index (χ0v) is 10.1. The fourth-order valence-corrected chi connectivity index (χ4v) is 1.71. The quantitative estimate of drug-likeness (QED) is 0.870. The van der Waals surface area contributed by atoms with Gasteiger partial charge in [-0.15, -0.1) is 0 Å². The minimum Gasteiger partial charge on any atom is -0.350 e. The van der Waals surface area contributed by atoms with Crippen LogP contribution in [0, 0.1) is 5.92 Å². The fraction of sp³-hybridized carbons (Fsp3) is 0.500. The Balaban J connectivity index is 1.80. The molecule has 0 bridgehead atoms. The second kappa shape index (κ2) is 5.56. The third-order valence-corrected chi connectivity index (χ3v) is 2.96. The number of nitrogens with zero attached hydrogens (tertiary/aromatic N) is 1. The third-order valence-electron chi connectivity index (χ3n) is 2.96. The minimum atomic E-state index is -4.38. The van der Waals surface area contributed by atoms with Crippen LogP contribution in [0.5, 0.6) is 0 Å². The molecule has 0 spiro atoms. The zero-order chi connectivity index (χ0) is 13.9. The van der Waals surface area contributed by atoms with Crippen molar-refractivity contribution >= 4 is 5.91 Å². The number of pyridine rings is 1. The molecular weight excluding hydrogens is 259 g/mol. The minimum absolute atomic E-state index is 0.104. The maximum atomic E-state index is 12.3. The molecule has 1 aliphatic heterocycles. The Hall–Kier alpha value is -1.63. The monoisotopic (exact) mass is 273 g/mol. The Morgan fingerprint density at radius 1 is 1.42 bits per heavy atom. The van der Waals surface area contributed by atoms with Gasteiger partial charge >= 0.3 is 6.18 Å². The Morgan fingerprint density at radius 3 is 2.63 bits per heavy atom. The summed E-state index contributed by atoms with van der Waals surface area (Å²) in [4.78, 5) is 15.2. The highest BCUT2D eigenvalue weighted by Crippen LogP contribution is 2.28. The number of nitrogens with one attached hydrogen (secondary N) is 2. The van der Waals surface area contributed by atoms with E-state index in [4.69, 9.17) is 0 Å². The lowest BCUT2D eigenvalue weighted by Crippen LogP contribution is -2.44. The van der Waals surface area contributed by atoms with Gasteiger partial charge in [0.2, 0.25) is 5.91 Å². The average Bonchev–Trinajstić information content (AvgIpc) is 2.31. The van der Waals surface area contributed by atoms with Crippen molar-refractivity contribution in [2.45, 2.75) is 19.1 Å². The van der Waals surface area contributed by atoms with Gasteiger partial charge in [-0.05, 0) is 31.1 Å². The number of amides is 1. The van der Waals surface area contributed by atoms with Crippen molar-refractivity contribution in [2.75, 3.05) is 13.1 Å². The smallest absolute Gasteiger partial charge is 0.350 e. The van der Waals surface area contributed by atoms with Crippen LogP contribution in [0.4, 0.5) is 13.2 Å². The standard InChI is InChI=1S/C12H14F3N3O/c13-12(14,15)9-1-2-10(17-6-9)7-18-11(19)3-8-4-16-5-8/h1-2,6,8,16H,3-5,7H2,(H,18,19). The van der Waals surface area contributed by atoms with Crippen molar-refractivity contribution in [1.82, 2.24) is 15.6 Å². The van der Waals surface area contributed by atoms with Crippen molar-refractivity contribution in [3.05, 3.63) is 29.6 Å². The van der Waals surface area contributed by atoms with Crippen LogP contribution in [0.2, 0.25) is 0 Å². The van der Waals surface area contributed by atoms with Crippen molar-refractivity contribution in [3.8, 4) is 0 Å². The molecule has 2 rings (SSSR count). The molecular formula is C12H14F3N3O. The van der Waals surface area contributed by atoms with Gasteiger partial charge < -0.3 is 10.6 Å². The lowest BCUT2D eigenvalue weighted by molar-refractivity contribution is -0.137. The van der Waals surface area contributed by atoms with Crippen molar-refractivity contribution in [3.63, 3.8) is 0 Å². The van der Waals surface area contributed by atoms with Crippen LogP contribution >= 0.6 is 0 Å². The average molecular weight is 273 g/mol. The summed E-state index contributed by atoms with van der Waals surface area (Å²) < 4.78 is 36.9. The van der Waals surface area contributed by atoms with Crippen molar-refractivity contribution in [1.29, 1.82) is 0 Å². The first-order valence-corrected chi connectivity index (χ1v) is 5.94. The molecule has 104 valence electrons. The summed E-state index contributed by atoms with van der Waals surface area (Å²) in [6.07, 6.45) is -3.17. The lowest BCUT2D eigenvalue weighted by atomic mass is 9.99. The number of hydrogen-bond donors (Lipinski definition) is 2. The highest BCUT2D eigenvalue weighted by molar-refractivity contribution is 5.76. The van der Waals surface area contributed by atoms with Gasteiger partial charge in [0.25, 0.3) is 0 Å². The molecule has 0 radical (unpaired) electrons. The molecule has 1 amide bonds. The van der Waals surface area contributed by atoms with E-state index in [0.29, 0.717) is 18.0 Å². The van der Waals surface area contributed by atoms with E-state index in [0.717, 1.165) is 25.4 Å². The van der Waals surface area contributed by atoms with E-state index in [9.17, 15) is 18.0 Å². The summed E-state index contributed by atoms with van der Waals surface area (Å²) in [7, 11) is 0. The molecule has 7 heteroatoms. The molecule has 2 heterocycles. The predicted molar refractivity (Wildman–Crippen MR) is 62.1 cm³/mol. The van der Waals surface area contributed by atoms with Crippen LogP contribution in [-0.2, 0) is 17.5 Å². The Kier molecular flexibility index (Phi) is 4.04. The second-order valence-corrected chi connectivity index (χ2v) is 4.54. The molecule has 0 aromatic carbocycles. The van der Waals surface area contributed by atoms with E-state index >= 15 is 0 Å². The summed E-state index contributed by atoms with van der Waals surface area (Å²) in [6.45, 7) is 1.83. The highest BCUT2D eigenvalue weighted by atomic mass is 19.4. The van der Waals surface area contributed by atoms with E-state index in [1.807, 2.05) is 0 Å². The van der Waals surface area contributed by atoms with Crippen LogP contribution in [0.3, 0.4) is 0 Å². The Bertz CT molecular complexity index is 441. The van der Waals surface area contributed by atoms with Crippen LogP contribution in [0.25, 0.3) is 0 Å². The van der Waals surface area contributed by atoms with Gasteiger partial charge in [0.15, 0.2) is 0 Å². The molecule has 1 aromatic heterocycles. The normalized spacial score (nSPS) is 15.9. The fourth-order valence-electron chi connectivity index (χ4n) is 1.71. The zero-order valence-electron chi connectivity index (χ0n) is 10.1. The summed E-state index contributed by atoms with van der Waals surface area (Å²) in [5, 5.41) is 5.71. The van der Waals surface area contributed by atoms with Crippen LogP contribution in [-0.4, -0.2) is 24.0 Å². The molecule has 0 atom stereocenters. The first-order valence-electron chi connectivity index (χ1n) is 5.94. The maximum Gasteiger partial charge on any atom is 0.417 e. The molecule has 1 aliphatic rings. The van der Waals surface area contributed by atoms with Gasteiger partial charge in [0.1, 0.15) is 0 Å². The third kappa shape index (κ3) is 3.92. The highest BCUT2D eigenvalue weighted by Gasteiger charge is 2.30. The molecule has 2 N–H and O–H groups in total. The Labute approximate surface area is 108 Å². The summed E-state index contributed by atoms with van der Waals surface area (Å²) in [5.74, 6) is 0.258. The molecule has 4 nitrogen and oxygen atoms in total. The summed E-state index contributed by atoms with van der Waals surface area (Å²) >= 11 is 0. The van der Waals surface area contributed by atoms with E-state index in [-0.39, 0.29) is 12.5 Å². The van der Waals surface area contributed by atoms with E-state index in [2.05, 4.69) is 15.6 Å². The SMILES string of the molecule is O=C(CC1CNC1)NCc1ccc(C(F)(F)F)cn1. The van der Waals surface area contributed by atoms with Crippen LogP contribution in [0.15, 0.2) is 18.3 Å². The van der Waals surface area contributed by atoms with Crippen LogP contribution in [0.1, 0.15) is 17.7 Å². The Morgan fingerprint density at radius 2 is 2.16 bits per heavy atom. The van der Waals surface area contributed by atoms with Gasteiger partial charge in [-0.3, -0.25) is 9.78 Å². The van der Waals surface area contributed by atoms with Gasteiger partial charge in [0, 0.05) is 12.6 Å². The van der Waals surface area contributed by atoms with E-state index < -0.39 is 11.7 Å². The number of hydrogen-bond acceptors (Lipinski definition) is 3. The van der Waals surface area contributed by atoms with Crippen molar-refractivity contribution in [2.24, 2.45) is 5.92 Å². The molecule has 1 saturated heterocycles. The van der Waals surface area contributed by atoms with Crippen LogP contribution < -0.4 is 10.6 Å². The summed E-state index contributed by atoms with van der Waals surface area (Å²) in [5.41, 5.74) is -0.379. The predicted octanol–water partition coefficient (Wildman–Crippen LogP) is 1.33. The van der Waals surface area contributed by atoms with E-state index in [1.54, 1.807) is 0 Å². The summed E-state index contributed by atoms with van der Waals surface area (Å²) in [6, 6.07) is 2.23. The first-order chi connectivity index (χ1) is 8.95. The molecule has 0 aliphatic carbocycles. The number of halogens is 3. The number of aromatic nitrogens is 1. The van der Waals surface area contributed by atoms with Crippen molar-refractivity contribution < 1.29 is 18.0 Å². The van der Waals surface area contributed by atoms with Gasteiger partial charge in [-0.2, -0.15) is 13.2 Å². The molecule has 1 fully saturated rings. The molecule has 1 aromatic rings.